The van der Waals surface area contributed by atoms with Crippen LogP contribution in [0.3, 0.4) is 0 Å². The summed E-state index contributed by atoms with van der Waals surface area (Å²) in [7, 11) is 3.73. The zero-order valence-corrected chi connectivity index (χ0v) is 10.6. The minimum absolute atomic E-state index is 0.113. The molecule has 0 aliphatic heterocycles. The Balaban J connectivity index is 3.82. The van der Waals surface area contributed by atoms with Gasteiger partial charge in [0.1, 0.15) is 0 Å². The van der Waals surface area contributed by atoms with E-state index in [9.17, 15) is 4.79 Å². The Morgan fingerprint density at radius 1 is 1.33 bits per heavy atom. The minimum atomic E-state index is 0.113. The Morgan fingerprint density at radius 3 is 2.40 bits per heavy atom. The van der Waals surface area contributed by atoms with E-state index in [1.165, 1.54) is 0 Å². The summed E-state index contributed by atoms with van der Waals surface area (Å²) in [5.41, 5.74) is 5.37. The average molecular weight is 231 g/mol. The number of amides is 1. The summed E-state index contributed by atoms with van der Waals surface area (Å²) in [6, 6.07) is 0. The second-order valence-electron chi connectivity index (χ2n) is 3.77. The standard InChI is InChI=1S/C10H21N3OS/c1-4-6-12(2)8-10(14)13(3)7-5-9(11)15/h4-8H2,1-3H3,(H2,11,15). The first-order valence-corrected chi connectivity index (χ1v) is 5.59. The Hall–Kier alpha value is -0.680. The van der Waals surface area contributed by atoms with Crippen molar-refractivity contribution in [2.75, 3.05) is 33.7 Å². The zero-order valence-electron chi connectivity index (χ0n) is 9.82. The lowest BCUT2D eigenvalue weighted by Crippen LogP contribution is -2.38. The molecular weight excluding hydrogens is 210 g/mol. The summed E-state index contributed by atoms with van der Waals surface area (Å²) in [6.07, 6.45) is 1.65. The van der Waals surface area contributed by atoms with Crippen molar-refractivity contribution in [3.63, 3.8) is 0 Å². The molecule has 0 radical (unpaired) electrons. The van der Waals surface area contributed by atoms with Gasteiger partial charge in [0.25, 0.3) is 0 Å². The molecule has 4 nitrogen and oxygen atoms in total. The van der Waals surface area contributed by atoms with Crippen molar-refractivity contribution in [1.82, 2.24) is 9.80 Å². The van der Waals surface area contributed by atoms with Crippen molar-refractivity contribution in [3.05, 3.63) is 0 Å². The van der Waals surface area contributed by atoms with Crippen LogP contribution in [0, 0.1) is 0 Å². The summed E-state index contributed by atoms with van der Waals surface area (Å²) >= 11 is 4.76. The molecule has 5 heteroatoms. The normalized spacial score (nSPS) is 10.4. The Morgan fingerprint density at radius 2 is 1.93 bits per heavy atom. The van der Waals surface area contributed by atoms with Crippen LogP contribution in [0.15, 0.2) is 0 Å². The first kappa shape index (κ1) is 14.3. The smallest absolute Gasteiger partial charge is 0.236 e. The van der Waals surface area contributed by atoms with Gasteiger partial charge in [-0.3, -0.25) is 9.69 Å². The van der Waals surface area contributed by atoms with Gasteiger partial charge in [-0.15, -0.1) is 0 Å². The molecule has 0 aromatic heterocycles. The highest BCUT2D eigenvalue weighted by atomic mass is 32.1. The maximum atomic E-state index is 11.6. The van der Waals surface area contributed by atoms with E-state index in [0.29, 0.717) is 24.5 Å². The second kappa shape index (κ2) is 7.59. The maximum Gasteiger partial charge on any atom is 0.236 e. The molecule has 0 fully saturated rings. The molecule has 0 atom stereocenters. The molecule has 0 aromatic carbocycles. The molecule has 88 valence electrons. The molecule has 2 N–H and O–H groups in total. The third-order valence-electron chi connectivity index (χ3n) is 2.13. The molecule has 0 bridgehead atoms. The lowest BCUT2D eigenvalue weighted by molar-refractivity contribution is -0.130. The molecule has 0 saturated heterocycles. The van der Waals surface area contributed by atoms with E-state index in [0.717, 1.165) is 13.0 Å². The summed E-state index contributed by atoms with van der Waals surface area (Å²) in [4.78, 5) is 15.8. The summed E-state index contributed by atoms with van der Waals surface area (Å²) in [5.74, 6) is 0.113. The van der Waals surface area contributed by atoms with E-state index in [-0.39, 0.29) is 5.91 Å². The lowest BCUT2D eigenvalue weighted by atomic mass is 10.3. The maximum absolute atomic E-state index is 11.6. The average Bonchev–Trinajstić information content (AvgIpc) is 2.14. The van der Waals surface area contributed by atoms with Crippen molar-refractivity contribution in [2.45, 2.75) is 19.8 Å². The zero-order chi connectivity index (χ0) is 11.8. The molecule has 0 unspecified atom stereocenters. The van der Waals surface area contributed by atoms with E-state index in [2.05, 4.69) is 6.92 Å². The van der Waals surface area contributed by atoms with Crippen LogP contribution in [0.1, 0.15) is 19.8 Å². The predicted molar refractivity (Wildman–Crippen MR) is 66.8 cm³/mol. The SMILES string of the molecule is CCCN(C)CC(=O)N(C)CCC(N)=S. The van der Waals surface area contributed by atoms with E-state index < -0.39 is 0 Å². The van der Waals surface area contributed by atoms with Gasteiger partial charge in [-0.1, -0.05) is 19.1 Å². The van der Waals surface area contributed by atoms with Crippen LogP contribution in [0.5, 0.6) is 0 Å². The topological polar surface area (TPSA) is 49.6 Å². The van der Waals surface area contributed by atoms with Gasteiger partial charge in [0, 0.05) is 20.0 Å². The Kier molecular flexibility index (Phi) is 7.25. The molecule has 0 aliphatic carbocycles. The monoisotopic (exact) mass is 231 g/mol. The molecule has 0 aromatic rings. The van der Waals surface area contributed by atoms with Crippen LogP contribution in [0.4, 0.5) is 0 Å². The van der Waals surface area contributed by atoms with Crippen LogP contribution < -0.4 is 5.73 Å². The largest absolute Gasteiger partial charge is 0.393 e. The predicted octanol–water partition coefficient (Wildman–Crippen LogP) is 0.463. The van der Waals surface area contributed by atoms with Gasteiger partial charge in [0.15, 0.2) is 0 Å². The molecule has 0 saturated carbocycles. The third kappa shape index (κ3) is 7.27. The number of nitrogens with zero attached hydrogens (tertiary/aromatic N) is 2. The summed E-state index contributed by atoms with van der Waals surface area (Å²) in [5, 5.41) is 0. The van der Waals surface area contributed by atoms with Crippen LogP contribution in [0.2, 0.25) is 0 Å². The van der Waals surface area contributed by atoms with E-state index in [1.807, 2.05) is 11.9 Å². The van der Waals surface area contributed by atoms with Crippen molar-refractivity contribution in [1.29, 1.82) is 0 Å². The molecule has 0 rings (SSSR count). The number of likely N-dealkylation sites (N-methyl/N-ethyl adjacent to an activating group) is 2. The van der Waals surface area contributed by atoms with Crippen molar-refractivity contribution in [3.8, 4) is 0 Å². The fourth-order valence-corrected chi connectivity index (χ4v) is 1.31. The number of hydrogen-bond acceptors (Lipinski definition) is 3. The van der Waals surface area contributed by atoms with Crippen molar-refractivity contribution < 1.29 is 4.79 Å². The molecule has 1 amide bonds. The van der Waals surface area contributed by atoms with Crippen molar-refractivity contribution >= 4 is 23.1 Å². The van der Waals surface area contributed by atoms with Crippen LogP contribution in [-0.2, 0) is 4.79 Å². The molecule has 0 aliphatic rings. The van der Waals surface area contributed by atoms with Crippen LogP contribution in [0.25, 0.3) is 0 Å². The summed E-state index contributed by atoms with van der Waals surface area (Å²) < 4.78 is 0. The highest BCUT2D eigenvalue weighted by molar-refractivity contribution is 7.80. The van der Waals surface area contributed by atoms with Gasteiger partial charge in [-0.25, -0.2) is 0 Å². The van der Waals surface area contributed by atoms with Crippen LogP contribution >= 0.6 is 12.2 Å². The molecule has 0 heterocycles. The van der Waals surface area contributed by atoms with Gasteiger partial charge in [-0.2, -0.15) is 0 Å². The van der Waals surface area contributed by atoms with Gasteiger partial charge >= 0.3 is 0 Å². The van der Waals surface area contributed by atoms with Crippen LogP contribution in [-0.4, -0.2) is 54.4 Å². The molecular formula is C10H21N3OS. The highest BCUT2D eigenvalue weighted by Gasteiger charge is 2.10. The van der Waals surface area contributed by atoms with E-state index >= 15 is 0 Å². The number of nitrogens with two attached hydrogens (primary N) is 1. The van der Waals surface area contributed by atoms with Gasteiger partial charge in [0.2, 0.25) is 5.91 Å². The number of hydrogen-bond donors (Lipinski definition) is 1. The highest BCUT2D eigenvalue weighted by Crippen LogP contribution is 1.93. The van der Waals surface area contributed by atoms with E-state index in [1.54, 1.807) is 11.9 Å². The Bertz CT molecular complexity index is 221. The summed E-state index contributed by atoms with van der Waals surface area (Å²) in [6.45, 7) is 4.10. The fourth-order valence-electron chi connectivity index (χ4n) is 1.21. The number of rotatable bonds is 7. The van der Waals surface area contributed by atoms with Gasteiger partial charge in [0.05, 0.1) is 11.5 Å². The molecule has 15 heavy (non-hydrogen) atoms. The number of thiocarbonyl (C=S) groups is 1. The molecule has 0 spiro atoms. The quantitative estimate of drug-likeness (QED) is 0.647. The third-order valence-corrected chi connectivity index (χ3v) is 2.33. The van der Waals surface area contributed by atoms with Gasteiger partial charge in [-0.05, 0) is 20.0 Å². The first-order chi connectivity index (χ1) is 6.97. The fraction of sp³-hybridized carbons (Fsp3) is 0.800. The lowest BCUT2D eigenvalue weighted by Gasteiger charge is -2.21. The van der Waals surface area contributed by atoms with Crippen molar-refractivity contribution in [2.24, 2.45) is 5.73 Å². The Labute approximate surface area is 97.4 Å². The van der Waals surface area contributed by atoms with Gasteiger partial charge < -0.3 is 10.6 Å². The first-order valence-electron chi connectivity index (χ1n) is 5.18. The second-order valence-corrected chi connectivity index (χ2v) is 4.29. The number of carbonyl (C=O) groups is 1. The number of carbonyl (C=O) groups excluding carboxylic acids is 1. The minimum Gasteiger partial charge on any atom is -0.393 e. The van der Waals surface area contributed by atoms with E-state index in [4.69, 9.17) is 18.0 Å².